The van der Waals surface area contributed by atoms with Gasteiger partial charge in [-0.25, -0.2) is 8.42 Å². The van der Waals surface area contributed by atoms with Crippen LogP contribution in [0.15, 0.2) is 42.5 Å². The molecule has 1 unspecified atom stereocenters. The molecule has 1 atom stereocenters. The van der Waals surface area contributed by atoms with Crippen molar-refractivity contribution in [1.29, 1.82) is 0 Å². The van der Waals surface area contributed by atoms with Gasteiger partial charge in [-0.15, -0.1) is 0 Å². The lowest BCUT2D eigenvalue weighted by Crippen LogP contribution is -2.53. The maximum absolute atomic E-state index is 13.7. The summed E-state index contributed by atoms with van der Waals surface area (Å²) in [7, 11) is -3.84. The molecule has 1 aliphatic rings. The van der Waals surface area contributed by atoms with Gasteiger partial charge in [-0.1, -0.05) is 66.7 Å². The van der Waals surface area contributed by atoms with E-state index in [0.29, 0.717) is 0 Å². The highest BCUT2D eigenvalue weighted by Crippen LogP contribution is 2.29. The predicted molar refractivity (Wildman–Crippen MR) is 145 cm³/mol. The number of hydrogen-bond donors (Lipinski definition) is 1. The summed E-state index contributed by atoms with van der Waals surface area (Å²) < 4.78 is 26.3. The van der Waals surface area contributed by atoms with Crippen LogP contribution in [0.1, 0.15) is 50.2 Å². The van der Waals surface area contributed by atoms with Gasteiger partial charge >= 0.3 is 0 Å². The van der Waals surface area contributed by atoms with Crippen LogP contribution in [0, 0.1) is 6.92 Å². The Bertz CT molecular complexity index is 1200. The van der Waals surface area contributed by atoms with Gasteiger partial charge in [-0.2, -0.15) is 0 Å². The summed E-state index contributed by atoms with van der Waals surface area (Å²) in [5.74, 6) is -0.745. The fraction of sp³-hybridized carbons (Fsp3) is 0.462. The molecule has 0 aromatic heterocycles. The minimum Gasteiger partial charge on any atom is -0.352 e. The van der Waals surface area contributed by atoms with Gasteiger partial charge in [0.25, 0.3) is 0 Å². The molecule has 2 aromatic carbocycles. The smallest absolute Gasteiger partial charge is 0.244 e. The third-order valence-electron chi connectivity index (χ3n) is 6.59. The highest BCUT2D eigenvalue weighted by molar-refractivity contribution is 7.92. The molecular formula is C26H33Cl2N3O4S. The first-order valence-corrected chi connectivity index (χ1v) is 14.6. The number of hydrogen-bond acceptors (Lipinski definition) is 4. The number of amides is 2. The van der Waals surface area contributed by atoms with E-state index in [2.05, 4.69) is 5.32 Å². The largest absolute Gasteiger partial charge is 0.352 e. The van der Waals surface area contributed by atoms with Crippen molar-refractivity contribution in [2.24, 2.45) is 0 Å². The average molecular weight is 555 g/mol. The molecule has 0 bridgehead atoms. The Morgan fingerprint density at radius 3 is 2.33 bits per heavy atom. The second-order valence-electron chi connectivity index (χ2n) is 9.34. The summed E-state index contributed by atoms with van der Waals surface area (Å²) in [5, 5.41) is 3.53. The molecule has 2 aromatic rings. The predicted octanol–water partition coefficient (Wildman–Crippen LogP) is 4.93. The fourth-order valence-electron chi connectivity index (χ4n) is 4.38. The zero-order chi connectivity index (χ0) is 26.5. The molecule has 0 heterocycles. The molecule has 0 radical (unpaired) electrons. The summed E-state index contributed by atoms with van der Waals surface area (Å²) in [5.41, 5.74) is 2.07. The number of nitrogens with one attached hydrogen (secondary N) is 1. The molecule has 7 nitrogen and oxygen atoms in total. The first kappa shape index (κ1) is 28.3. The minimum atomic E-state index is -3.84. The Morgan fingerprint density at radius 1 is 1.06 bits per heavy atom. The van der Waals surface area contributed by atoms with Crippen molar-refractivity contribution in [3.8, 4) is 0 Å². The number of benzene rings is 2. The van der Waals surface area contributed by atoms with Crippen LogP contribution in [0.4, 0.5) is 5.69 Å². The molecule has 36 heavy (non-hydrogen) atoms. The van der Waals surface area contributed by atoms with Crippen LogP contribution in [0.25, 0.3) is 0 Å². The molecule has 1 fully saturated rings. The Balaban J connectivity index is 1.89. The van der Waals surface area contributed by atoms with Crippen molar-refractivity contribution in [3.63, 3.8) is 0 Å². The number of aryl methyl sites for hydroxylation is 1. The Morgan fingerprint density at radius 2 is 1.72 bits per heavy atom. The molecule has 3 rings (SSSR count). The number of sulfonamides is 1. The van der Waals surface area contributed by atoms with E-state index in [4.69, 9.17) is 23.2 Å². The van der Waals surface area contributed by atoms with E-state index in [1.54, 1.807) is 6.92 Å². The van der Waals surface area contributed by atoms with Gasteiger partial charge < -0.3 is 10.2 Å². The quantitative estimate of drug-likeness (QED) is 0.476. The molecule has 0 saturated heterocycles. The number of nitrogens with zero attached hydrogens (tertiary/aromatic N) is 2. The van der Waals surface area contributed by atoms with Crippen molar-refractivity contribution >= 4 is 50.7 Å². The number of carbonyl (C=O) groups excluding carboxylic acids is 2. The Kier molecular flexibility index (Phi) is 9.66. The van der Waals surface area contributed by atoms with Crippen LogP contribution in [-0.4, -0.2) is 50.0 Å². The zero-order valence-electron chi connectivity index (χ0n) is 20.8. The SMILES string of the molecule is Cc1ccccc1CN(C(=O)CN(c1ccc(Cl)c(Cl)c1)S(C)(=O)=O)C(C)C(=O)NC1CCCCC1. The maximum Gasteiger partial charge on any atom is 0.244 e. The molecule has 1 aliphatic carbocycles. The van der Waals surface area contributed by atoms with E-state index >= 15 is 0 Å². The van der Waals surface area contributed by atoms with Crippen molar-refractivity contribution < 1.29 is 18.0 Å². The van der Waals surface area contributed by atoms with E-state index in [-0.39, 0.29) is 34.2 Å². The molecule has 2 amide bonds. The topological polar surface area (TPSA) is 86.8 Å². The standard InChI is InChI=1S/C26H33Cl2N3O4S/c1-18-9-7-8-10-20(18)16-30(19(2)26(33)29-21-11-5-4-6-12-21)25(32)17-31(36(3,34)35)22-13-14-23(27)24(28)15-22/h7-10,13-15,19,21H,4-6,11-12,16-17H2,1-3H3,(H,29,33). The lowest BCUT2D eigenvalue weighted by atomic mass is 9.95. The number of halogens is 2. The summed E-state index contributed by atoms with van der Waals surface area (Å²) in [4.78, 5) is 28.3. The van der Waals surface area contributed by atoms with Crippen LogP contribution in [0.3, 0.4) is 0 Å². The van der Waals surface area contributed by atoms with Crippen LogP contribution in [0.5, 0.6) is 0 Å². The molecule has 1 saturated carbocycles. The molecule has 196 valence electrons. The zero-order valence-corrected chi connectivity index (χ0v) is 23.2. The van der Waals surface area contributed by atoms with Gasteiger partial charge in [0.05, 0.1) is 22.0 Å². The van der Waals surface area contributed by atoms with Gasteiger partial charge in [0, 0.05) is 12.6 Å². The Labute approximate surface area is 223 Å². The van der Waals surface area contributed by atoms with Crippen LogP contribution in [0.2, 0.25) is 10.0 Å². The minimum absolute atomic E-state index is 0.0906. The number of carbonyl (C=O) groups is 2. The summed E-state index contributed by atoms with van der Waals surface area (Å²) in [6.45, 7) is 3.30. The van der Waals surface area contributed by atoms with E-state index in [0.717, 1.165) is 53.8 Å². The normalized spacial score (nSPS) is 15.2. The maximum atomic E-state index is 13.7. The second kappa shape index (κ2) is 12.3. The third kappa shape index (κ3) is 7.37. The van der Waals surface area contributed by atoms with E-state index in [1.165, 1.54) is 23.1 Å². The number of rotatable bonds is 9. The van der Waals surface area contributed by atoms with Crippen molar-refractivity contribution in [2.45, 2.75) is 64.6 Å². The van der Waals surface area contributed by atoms with Gasteiger partial charge in [0.1, 0.15) is 12.6 Å². The van der Waals surface area contributed by atoms with Crippen molar-refractivity contribution in [3.05, 3.63) is 63.6 Å². The van der Waals surface area contributed by atoms with Crippen LogP contribution < -0.4 is 9.62 Å². The first-order chi connectivity index (χ1) is 17.0. The highest BCUT2D eigenvalue weighted by Gasteiger charge is 2.31. The fourth-order valence-corrected chi connectivity index (χ4v) is 5.51. The molecule has 10 heteroatoms. The van der Waals surface area contributed by atoms with Crippen molar-refractivity contribution in [2.75, 3.05) is 17.1 Å². The Hall–Kier alpha value is -2.29. The summed E-state index contributed by atoms with van der Waals surface area (Å²) >= 11 is 12.1. The van der Waals surface area contributed by atoms with Gasteiger partial charge in [-0.3, -0.25) is 13.9 Å². The lowest BCUT2D eigenvalue weighted by Gasteiger charge is -2.33. The second-order valence-corrected chi connectivity index (χ2v) is 12.1. The third-order valence-corrected chi connectivity index (χ3v) is 8.47. The van der Waals surface area contributed by atoms with E-state index in [9.17, 15) is 18.0 Å². The monoisotopic (exact) mass is 553 g/mol. The molecular weight excluding hydrogens is 521 g/mol. The average Bonchev–Trinajstić information content (AvgIpc) is 2.83. The van der Waals surface area contributed by atoms with Crippen LogP contribution in [-0.2, 0) is 26.2 Å². The molecule has 1 N–H and O–H groups in total. The van der Waals surface area contributed by atoms with Gasteiger partial charge in [0.2, 0.25) is 21.8 Å². The molecule has 0 spiro atoms. The van der Waals surface area contributed by atoms with Crippen molar-refractivity contribution in [1.82, 2.24) is 10.2 Å². The highest BCUT2D eigenvalue weighted by atomic mass is 35.5. The molecule has 0 aliphatic heterocycles. The van der Waals surface area contributed by atoms with E-state index in [1.807, 2.05) is 31.2 Å². The summed E-state index contributed by atoms with van der Waals surface area (Å²) in [6.07, 6.45) is 6.16. The van der Waals surface area contributed by atoms with Crippen LogP contribution >= 0.6 is 23.2 Å². The van der Waals surface area contributed by atoms with E-state index < -0.39 is 28.5 Å². The van der Waals surface area contributed by atoms with Gasteiger partial charge in [0.15, 0.2) is 0 Å². The lowest BCUT2D eigenvalue weighted by molar-refractivity contribution is -0.139. The van der Waals surface area contributed by atoms with Gasteiger partial charge in [-0.05, 0) is 56.0 Å². The first-order valence-electron chi connectivity index (χ1n) is 12.0. The number of anilines is 1. The summed E-state index contributed by atoms with van der Waals surface area (Å²) in [6, 6.07) is 11.3.